The highest BCUT2D eigenvalue weighted by molar-refractivity contribution is 7.89. The average molecular weight is 452 g/mol. The maximum absolute atomic E-state index is 13.3. The van der Waals surface area contributed by atoms with E-state index in [0.717, 1.165) is 35.3 Å². The van der Waals surface area contributed by atoms with Crippen LogP contribution < -0.4 is 4.74 Å². The summed E-state index contributed by atoms with van der Waals surface area (Å²) < 4.78 is 35.5. The number of pyridine rings is 1. The Balaban J connectivity index is 1.35. The molecule has 0 spiro atoms. The molecule has 1 fully saturated rings. The standard InChI is InChI=1S/C23H25N5O3S/c1-16-10-17(15-28(16)32(29,30)20-5-3-4-19(11-20)31-2)14-27-9-8-22-23(27)7-6-21(26-22)18-12-24-25-13-18/h3-9,11-13,16-17H,10,14-15H2,1-2H3,(H,24,25)/t16-,17?/m0/s1. The van der Waals surface area contributed by atoms with Crippen LogP contribution in [0.3, 0.4) is 0 Å². The molecule has 4 aromatic rings. The van der Waals surface area contributed by atoms with Crippen LogP contribution in [0, 0.1) is 5.92 Å². The number of sulfonamides is 1. The van der Waals surface area contributed by atoms with Crippen molar-refractivity contribution in [1.82, 2.24) is 24.1 Å². The molecule has 8 nitrogen and oxygen atoms in total. The Bertz CT molecular complexity index is 1350. The SMILES string of the molecule is COc1cccc(S(=O)(=O)N2CC(Cn3ccc4nc(-c5cn[nH]c5)ccc43)C[C@@H]2C)c1. The van der Waals surface area contributed by atoms with Crippen LogP contribution in [0.15, 0.2) is 66.0 Å². The predicted octanol–water partition coefficient (Wildman–Crippen LogP) is 3.53. The largest absolute Gasteiger partial charge is 0.497 e. The molecule has 1 aromatic carbocycles. The van der Waals surface area contributed by atoms with Crippen molar-refractivity contribution < 1.29 is 13.2 Å². The summed E-state index contributed by atoms with van der Waals surface area (Å²) in [6.45, 7) is 3.20. The van der Waals surface area contributed by atoms with Gasteiger partial charge in [-0.05, 0) is 49.6 Å². The molecule has 5 rings (SSSR count). The molecule has 166 valence electrons. The van der Waals surface area contributed by atoms with Crippen LogP contribution in [0.4, 0.5) is 0 Å². The van der Waals surface area contributed by atoms with Gasteiger partial charge in [-0.1, -0.05) is 6.07 Å². The van der Waals surface area contributed by atoms with E-state index < -0.39 is 10.0 Å². The molecule has 1 aliphatic rings. The second kappa shape index (κ2) is 8.07. The molecule has 1 saturated heterocycles. The fourth-order valence-electron chi connectivity index (χ4n) is 4.54. The number of nitrogens with one attached hydrogen (secondary N) is 1. The van der Waals surface area contributed by atoms with E-state index in [1.165, 1.54) is 7.11 Å². The molecule has 32 heavy (non-hydrogen) atoms. The summed E-state index contributed by atoms with van der Waals surface area (Å²) >= 11 is 0. The van der Waals surface area contributed by atoms with E-state index in [1.807, 2.05) is 31.5 Å². The highest BCUT2D eigenvalue weighted by Crippen LogP contribution is 2.32. The molecule has 0 saturated carbocycles. The van der Waals surface area contributed by atoms with Gasteiger partial charge in [0, 0.05) is 43.2 Å². The van der Waals surface area contributed by atoms with E-state index in [-0.39, 0.29) is 16.9 Å². The molecule has 1 aliphatic heterocycles. The molecule has 9 heteroatoms. The number of aromatic nitrogens is 4. The summed E-state index contributed by atoms with van der Waals surface area (Å²) in [6.07, 6.45) is 6.41. The van der Waals surface area contributed by atoms with Crippen molar-refractivity contribution >= 4 is 21.1 Å². The van der Waals surface area contributed by atoms with Gasteiger partial charge in [-0.15, -0.1) is 0 Å². The Morgan fingerprint density at radius 3 is 2.88 bits per heavy atom. The lowest BCUT2D eigenvalue weighted by Gasteiger charge is -2.21. The van der Waals surface area contributed by atoms with Gasteiger partial charge in [0.1, 0.15) is 5.75 Å². The molecule has 0 bridgehead atoms. The maximum Gasteiger partial charge on any atom is 0.243 e. The minimum absolute atomic E-state index is 0.0659. The molecule has 1 unspecified atom stereocenters. The third-order valence-electron chi connectivity index (χ3n) is 6.13. The summed E-state index contributed by atoms with van der Waals surface area (Å²) in [4.78, 5) is 5.01. The Morgan fingerprint density at radius 2 is 2.09 bits per heavy atom. The zero-order chi connectivity index (χ0) is 22.3. The van der Waals surface area contributed by atoms with Gasteiger partial charge in [0.25, 0.3) is 0 Å². The third-order valence-corrected chi connectivity index (χ3v) is 8.10. The van der Waals surface area contributed by atoms with Crippen molar-refractivity contribution in [3.05, 3.63) is 61.1 Å². The molecular weight excluding hydrogens is 426 g/mol. The van der Waals surface area contributed by atoms with Gasteiger partial charge in [0.2, 0.25) is 10.0 Å². The molecule has 4 heterocycles. The molecule has 2 atom stereocenters. The van der Waals surface area contributed by atoms with Crippen LogP contribution >= 0.6 is 0 Å². The van der Waals surface area contributed by atoms with Gasteiger partial charge < -0.3 is 9.30 Å². The first-order valence-corrected chi connectivity index (χ1v) is 12.0. The van der Waals surface area contributed by atoms with Crippen LogP contribution in [-0.2, 0) is 16.6 Å². The van der Waals surface area contributed by atoms with Crippen LogP contribution in [-0.4, -0.2) is 52.2 Å². The maximum atomic E-state index is 13.3. The number of fused-ring (bicyclic) bond motifs is 1. The first kappa shape index (κ1) is 20.7. The highest BCUT2D eigenvalue weighted by atomic mass is 32.2. The monoisotopic (exact) mass is 451 g/mol. The lowest BCUT2D eigenvalue weighted by Crippen LogP contribution is -2.34. The number of H-pyrrole nitrogens is 1. The Morgan fingerprint density at radius 1 is 1.22 bits per heavy atom. The van der Waals surface area contributed by atoms with Gasteiger partial charge in [-0.2, -0.15) is 9.40 Å². The van der Waals surface area contributed by atoms with Crippen molar-refractivity contribution in [2.75, 3.05) is 13.7 Å². The van der Waals surface area contributed by atoms with Crippen molar-refractivity contribution in [3.8, 4) is 17.0 Å². The predicted molar refractivity (Wildman–Crippen MR) is 122 cm³/mol. The van der Waals surface area contributed by atoms with Crippen molar-refractivity contribution in [2.45, 2.75) is 30.8 Å². The van der Waals surface area contributed by atoms with Crippen molar-refractivity contribution in [3.63, 3.8) is 0 Å². The summed E-state index contributed by atoms with van der Waals surface area (Å²) in [5.41, 5.74) is 3.77. The normalized spacial score (nSPS) is 19.6. The quantitative estimate of drug-likeness (QED) is 0.484. The van der Waals surface area contributed by atoms with Gasteiger partial charge >= 0.3 is 0 Å². The number of hydrogen-bond acceptors (Lipinski definition) is 5. The van der Waals surface area contributed by atoms with Crippen LogP contribution in [0.25, 0.3) is 22.3 Å². The molecule has 0 aliphatic carbocycles. The van der Waals surface area contributed by atoms with E-state index in [4.69, 9.17) is 9.72 Å². The van der Waals surface area contributed by atoms with E-state index in [9.17, 15) is 8.42 Å². The van der Waals surface area contributed by atoms with Crippen molar-refractivity contribution in [2.24, 2.45) is 5.92 Å². The number of aromatic amines is 1. The lowest BCUT2D eigenvalue weighted by molar-refractivity contribution is 0.397. The summed E-state index contributed by atoms with van der Waals surface area (Å²) in [5, 5.41) is 6.80. The number of benzene rings is 1. The third kappa shape index (κ3) is 3.67. The minimum Gasteiger partial charge on any atom is -0.497 e. The summed E-state index contributed by atoms with van der Waals surface area (Å²) in [6, 6.07) is 12.7. The number of hydrogen-bond donors (Lipinski definition) is 1. The number of ether oxygens (including phenoxy) is 1. The van der Waals surface area contributed by atoms with Gasteiger partial charge in [0.05, 0.1) is 34.9 Å². The minimum atomic E-state index is -3.58. The first-order valence-electron chi connectivity index (χ1n) is 10.6. The van der Waals surface area contributed by atoms with Crippen LogP contribution in [0.5, 0.6) is 5.75 Å². The molecular formula is C23H25N5O3S. The fraction of sp³-hybridized carbons (Fsp3) is 0.304. The Hall–Kier alpha value is -3.17. The van der Waals surface area contributed by atoms with E-state index in [0.29, 0.717) is 12.3 Å². The first-order chi connectivity index (χ1) is 15.5. The number of rotatable bonds is 6. The Labute approximate surface area is 186 Å². The molecule has 1 N–H and O–H groups in total. The molecule has 3 aromatic heterocycles. The van der Waals surface area contributed by atoms with Crippen molar-refractivity contribution in [1.29, 1.82) is 0 Å². The summed E-state index contributed by atoms with van der Waals surface area (Å²) in [7, 11) is -2.05. The van der Waals surface area contributed by atoms with Crippen LogP contribution in [0.2, 0.25) is 0 Å². The average Bonchev–Trinajstić information content (AvgIpc) is 3.54. The van der Waals surface area contributed by atoms with Gasteiger partial charge in [0.15, 0.2) is 0 Å². The second-order valence-electron chi connectivity index (χ2n) is 8.26. The smallest absolute Gasteiger partial charge is 0.243 e. The Kier molecular flexibility index (Phi) is 5.22. The number of nitrogens with zero attached hydrogens (tertiary/aromatic N) is 4. The van der Waals surface area contributed by atoms with Gasteiger partial charge in [-0.25, -0.2) is 13.4 Å². The highest BCUT2D eigenvalue weighted by Gasteiger charge is 2.38. The topological polar surface area (TPSA) is 93.1 Å². The van der Waals surface area contributed by atoms with E-state index >= 15 is 0 Å². The van der Waals surface area contributed by atoms with E-state index in [1.54, 1.807) is 34.8 Å². The zero-order valence-corrected chi connectivity index (χ0v) is 18.8. The fourth-order valence-corrected chi connectivity index (χ4v) is 6.29. The second-order valence-corrected chi connectivity index (χ2v) is 10.2. The summed E-state index contributed by atoms with van der Waals surface area (Å²) in [5.74, 6) is 0.755. The zero-order valence-electron chi connectivity index (χ0n) is 18.0. The molecule has 0 amide bonds. The van der Waals surface area contributed by atoms with Gasteiger partial charge in [-0.3, -0.25) is 5.10 Å². The lowest BCUT2D eigenvalue weighted by atomic mass is 10.1. The number of methoxy groups -OCH3 is 1. The van der Waals surface area contributed by atoms with Crippen LogP contribution in [0.1, 0.15) is 13.3 Å². The molecule has 0 radical (unpaired) electrons. The van der Waals surface area contributed by atoms with E-state index in [2.05, 4.69) is 20.8 Å².